The van der Waals surface area contributed by atoms with Crippen LogP contribution in [0, 0.1) is 0 Å². The minimum Gasteiger partial charge on any atom is -0.354 e. The smallest absolute Gasteiger partial charge is 0.251 e. The second kappa shape index (κ2) is 11.1. The van der Waals surface area contributed by atoms with Crippen molar-refractivity contribution >= 4 is 35.0 Å². The highest BCUT2D eigenvalue weighted by molar-refractivity contribution is 6.31. The molecule has 0 aliphatic rings. The maximum atomic E-state index is 12.1. The van der Waals surface area contributed by atoms with Gasteiger partial charge in [0.2, 0.25) is 5.91 Å². The summed E-state index contributed by atoms with van der Waals surface area (Å²) < 4.78 is 0. The van der Waals surface area contributed by atoms with E-state index in [0.29, 0.717) is 41.5 Å². The molecule has 2 rings (SSSR count). The number of carbonyl (C=O) groups excluding carboxylic acids is 2. The highest BCUT2D eigenvalue weighted by atomic mass is 35.5. The van der Waals surface area contributed by atoms with E-state index < -0.39 is 0 Å². The first-order valence-electron chi connectivity index (χ1n) is 9.10. The number of carbonyl (C=O) groups is 2. The van der Waals surface area contributed by atoms with E-state index in [9.17, 15) is 9.59 Å². The molecule has 0 radical (unpaired) electrons. The molecule has 2 amide bonds. The molecule has 150 valence electrons. The van der Waals surface area contributed by atoms with Crippen molar-refractivity contribution in [2.24, 2.45) is 0 Å². The van der Waals surface area contributed by atoms with Gasteiger partial charge in [-0.2, -0.15) is 0 Å². The van der Waals surface area contributed by atoms with Crippen LogP contribution in [0.5, 0.6) is 0 Å². The summed E-state index contributed by atoms with van der Waals surface area (Å²) in [7, 11) is 3.90. The molecule has 2 aromatic rings. The molecule has 5 nitrogen and oxygen atoms in total. The van der Waals surface area contributed by atoms with E-state index in [4.69, 9.17) is 23.2 Å². The van der Waals surface area contributed by atoms with Crippen LogP contribution in [-0.2, 0) is 4.79 Å². The second-order valence-corrected chi connectivity index (χ2v) is 7.51. The summed E-state index contributed by atoms with van der Waals surface area (Å²) >= 11 is 12.1. The van der Waals surface area contributed by atoms with Crippen molar-refractivity contribution in [1.82, 2.24) is 15.5 Å². The number of nitrogens with zero attached hydrogens (tertiary/aromatic N) is 1. The highest BCUT2D eigenvalue weighted by Gasteiger charge is 2.17. The SMILES string of the molecule is CN(C)C(CNC(=O)CCCNC(=O)c1ccc(Cl)cc1)c1ccccc1Cl. The Morgan fingerprint density at radius 2 is 1.68 bits per heavy atom. The standard InChI is InChI=1S/C21H25Cl2N3O2/c1-26(2)19(17-6-3-4-7-18(17)23)14-25-20(27)8-5-13-24-21(28)15-9-11-16(22)12-10-15/h3-4,6-7,9-12,19H,5,8,13-14H2,1-2H3,(H,24,28)(H,25,27). The molecule has 1 atom stereocenters. The first kappa shape index (κ1) is 22.2. The van der Waals surface area contributed by atoms with Gasteiger partial charge in [-0.05, 0) is 56.4 Å². The van der Waals surface area contributed by atoms with E-state index in [2.05, 4.69) is 10.6 Å². The van der Waals surface area contributed by atoms with Crippen molar-refractivity contribution in [2.45, 2.75) is 18.9 Å². The van der Waals surface area contributed by atoms with Gasteiger partial charge in [0.15, 0.2) is 0 Å². The van der Waals surface area contributed by atoms with Gasteiger partial charge >= 0.3 is 0 Å². The monoisotopic (exact) mass is 421 g/mol. The Kier molecular flexibility index (Phi) is 8.77. The lowest BCUT2D eigenvalue weighted by molar-refractivity contribution is -0.121. The van der Waals surface area contributed by atoms with Gasteiger partial charge < -0.3 is 15.5 Å². The number of amides is 2. The maximum Gasteiger partial charge on any atom is 0.251 e. The molecular formula is C21H25Cl2N3O2. The molecule has 0 bridgehead atoms. The van der Waals surface area contributed by atoms with Gasteiger partial charge in [-0.3, -0.25) is 9.59 Å². The minimum atomic E-state index is -0.177. The third-order valence-corrected chi connectivity index (χ3v) is 4.95. The summed E-state index contributed by atoms with van der Waals surface area (Å²) in [6.07, 6.45) is 0.896. The van der Waals surface area contributed by atoms with Crippen LogP contribution in [0.4, 0.5) is 0 Å². The van der Waals surface area contributed by atoms with Crippen LogP contribution >= 0.6 is 23.2 Å². The van der Waals surface area contributed by atoms with Crippen LogP contribution in [0.25, 0.3) is 0 Å². The first-order valence-corrected chi connectivity index (χ1v) is 9.85. The van der Waals surface area contributed by atoms with Crippen LogP contribution < -0.4 is 10.6 Å². The van der Waals surface area contributed by atoms with Gasteiger partial charge in [-0.25, -0.2) is 0 Å². The molecule has 28 heavy (non-hydrogen) atoms. The van der Waals surface area contributed by atoms with Crippen molar-refractivity contribution in [3.8, 4) is 0 Å². The average molecular weight is 422 g/mol. The predicted octanol–water partition coefficient (Wildman–Crippen LogP) is 3.92. The third-order valence-electron chi connectivity index (χ3n) is 4.35. The zero-order valence-electron chi connectivity index (χ0n) is 16.0. The second-order valence-electron chi connectivity index (χ2n) is 6.67. The zero-order valence-corrected chi connectivity index (χ0v) is 17.6. The molecule has 2 N–H and O–H groups in total. The molecule has 0 aliphatic carbocycles. The van der Waals surface area contributed by atoms with Gasteiger partial charge in [-0.1, -0.05) is 41.4 Å². The Balaban J connectivity index is 1.73. The van der Waals surface area contributed by atoms with Gasteiger partial charge in [-0.15, -0.1) is 0 Å². The minimum absolute atomic E-state index is 0.0118. The molecule has 0 fully saturated rings. The maximum absolute atomic E-state index is 12.1. The van der Waals surface area contributed by atoms with Gasteiger partial charge in [0.05, 0.1) is 6.04 Å². The first-order chi connectivity index (χ1) is 13.4. The summed E-state index contributed by atoms with van der Waals surface area (Å²) in [5.41, 5.74) is 1.52. The number of nitrogens with one attached hydrogen (secondary N) is 2. The van der Waals surface area contributed by atoms with Crippen LogP contribution in [-0.4, -0.2) is 43.9 Å². The summed E-state index contributed by atoms with van der Waals surface area (Å²) in [4.78, 5) is 26.2. The summed E-state index contributed by atoms with van der Waals surface area (Å²) in [5, 5.41) is 7.02. The quantitative estimate of drug-likeness (QED) is 0.603. The van der Waals surface area contributed by atoms with Gasteiger partial charge in [0, 0.05) is 35.1 Å². The Bertz CT molecular complexity index is 794. The van der Waals surface area contributed by atoms with Gasteiger partial charge in [0.1, 0.15) is 0 Å². The summed E-state index contributed by atoms with van der Waals surface area (Å²) in [6, 6.07) is 14.3. The molecule has 0 aliphatic heterocycles. The number of rotatable bonds is 9. The lowest BCUT2D eigenvalue weighted by Crippen LogP contribution is -2.35. The molecule has 0 saturated heterocycles. The van der Waals surface area contributed by atoms with Crippen molar-refractivity contribution in [3.63, 3.8) is 0 Å². The molecule has 0 aromatic heterocycles. The fourth-order valence-electron chi connectivity index (χ4n) is 2.77. The largest absolute Gasteiger partial charge is 0.354 e. The lowest BCUT2D eigenvalue weighted by atomic mass is 10.1. The van der Waals surface area contributed by atoms with E-state index >= 15 is 0 Å². The molecule has 0 spiro atoms. The predicted molar refractivity (Wildman–Crippen MR) is 114 cm³/mol. The Hall–Kier alpha value is -2.08. The van der Waals surface area contributed by atoms with Crippen LogP contribution in [0.1, 0.15) is 34.8 Å². The highest BCUT2D eigenvalue weighted by Crippen LogP contribution is 2.25. The fraction of sp³-hybridized carbons (Fsp3) is 0.333. The number of hydrogen-bond donors (Lipinski definition) is 2. The number of halogens is 2. The molecule has 7 heteroatoms. The normalized spacial score (nSPS) is 11.9. The van der Waals surface area contributed by atoms with E-state index in [-0.39, 0.29) is 17.9 Å². The molecule has 2 aromatic carbocycles. The summed E-state index contributed by atoms with van der Waals surface area (Å²) in [6.45, 7) is 0.892. The Morgan fingerprint density at radius 3 is 2.32 bits per heavy atom. The average Bonchev–Trinajstić information content (AvgIpc) is 2.67. The topological polar surface area (TPSA) is 61.4 Å². The molecule has 0 heterocycles. The lowest BCUT2D eigenvalue weighted by Gasteiger charge is -2.26. The number of hydrogen-bond acceptors (Lipinski definition) is 3. The van der Waals surface area contributed by atoms with Crippen molar-refractivity contribution in [1.29, 1.82) is 0 Å². The van der Waals surface area contributed by atoms with Crippen molar-refractivity contribution in [3.05, 3.63) is 69.7 Å². The van der Waals surface area contributed by atoms with E-state index in [0.717, 1.165) is 5.56 Å². The van der Waals surface area contributed by atoms with Crippen molar-refractivity contribution < 1.29 is 9.59 Å². The number of likely N-dealkylation sites (N-methyl/N-ethyl adjacent to an activating group) is 1. The molecule has 1 unspecified atom stereocenters. The fourth-order valence-corrected chi connectivity index (χ4v) is 3.16. The van der Waals surface area contributed by atoms with E-state index in [1.807, 2.05) is 43.3 Å². The Labute approximate surface area is 176 Å². The summed E-state index contributed by atoms with van der Waals surface area (Å²) in [5.74, 6) is -0.233. The molecule has 0 saturated carbocycles. The third kappa shape index (κ3) is 6.82. The van der Waals surface area contributed by atoms with E-state index in [1.54, 1.807) is 24.3 Å². The Morgan fingerprint density at radius 1 is 1.00 bits per heavy atom. The van der Waals surface area contributed by atoms with Crippen LogP contribution in [0.15, 0.2) is 48.5 Å². The van der Waals surface area contributed by atoms with Crippen molar-refractivity contribution in [2.75, 3.05) is 27.2 Å². The van der Waals surface area contributed by atoms with Gasteiger partial charge in [0.25, 0.3) is 5.91 Å². The molecular weight excluding hydrogens is 397 g/mol. The number of benzene rings is 2. The van der Waals surface area contributed by atoms with E-state index in [1.165, 1.54) is 0 Å². The van der Waals surface area contributed by atoms with Crippen LogP contribution in [0.3, 0.4) is 0 Å². The zero-order chi connectivity index (χ0) is 20.5. The van der Waals surface area contributed by atoms with Crippen LogP contribution in [0.2, 0.25) is 10.0 Å².